The van der Waals surface area contributed by atoms with Gasteiger partial charge in [-0.15, -0.1) is 11.8 Å². The zero-order chi connectivity index (χ0) is 23.8. The Morgan fingerprint density at radius 1 is 1.28 bits per heavy atom. The number of hydrogen-bond acceptors (Lipinski definition) is 9. The summed E-state index contributed by atoms with van der Waals surface area (Å²) in [5.74, 6) is 0.485. The molecule has 1 aromatic carbocycles. The van der Waals surface area contributed by atoms with Crippen molar-refractivity contribution in [3.63, 3.8) is 0 Å². The fourth-order valence-corrected chi connectivity index (χ4v) is 4.91. The Morgan fingerprint density at radius 3 is 2.69 bits per heavy atom. The fraction of sp³-hybridized carbons (Fsp3) is 0.500. The lowest BCUT2D eigenvalue weighted by Gasteiger charge is -2.15. The van der Waals surface area contributed by atoms with Gasteiger partial charge in [-0.3, -0.25) is 0 Å². The van der Waals surface area contributed by atoms with E-state index < -0.39 is 24.2 Å². The van der Waals surface area contributed by atoms with Crippen LogP contribution in [0.5, 0.6) is 5.88 Å². The van der Waals surface area contributed by atoms with E-state index in [-0.39, 0.29) is 29.9 Å². The van der Waals surface area contributed by atoms with Gasteiger partial charge >= 0.3 is 0 Å². The summed E-state index contributed by atoms with van der Waals surface area (Å²) < 4.78 is 38.6. The highest BCUT2D eigenvalue weighted by Gasteiger charge is 2.18. The smallest absolute Gasteiger partial charge is 0.242 e. The largest absolute Gasteiger partial charge is 0.479 e. The second kappa shape index (κ2) is 12.1. The number of thioether (sulfide) groups is 1. The molecule has 0 fully saturated rings. The number of sulfonamides is 1. The van der Waals surface area contributed by atoms with Crippen molar-refractivity contribution in [1.82, 2.24) is 14.7 Å². The number of aromatic nitrogens is 2. The van der Waals surface area contributed by atoms with Gasteiger partial charge in [-0.25, -0.2) is 18.4 Å². The molecule has 0 spiro atoms. The fourth-order valence-electron chi connectivity index (χ4n) is 2.46. The summed E-state index contributed by atoms with van der Waals surface area (Å²) in [6, 6.07) is 7.29. The maximum atomic E-state index is 12.7. The van der Waals surface area contributed by atoms with Crippen LogP contribution in [0.2, 0.25) is 25.7 Å². The Labute approximate surface area is 194 Å². The van der Waals surface area contributed by atoms with Crippen LogP contribution in [0, 0.1) is 0 Å². The second-order valence-electron chi connectivity index (χ2n) is 8.25. The minimum atomic E-state index is -3.76. The highest BCUT2D eigenvalue weighted by Crippen LogP contribution is 2.30. The third kappa shape index (κ3) is 8.43. The van der Waals surface area contributed by atoms with Crippen LogP contribution < -0.4 is 9.46 Å². The van der Waals surface area contributed by atoms with E-state index >= 15 is 0 Å². The summed E-state index contributed by atoms with van der Waals surface area (Å²) in [7, 11) is -3.56. The number of nitrogens with one attached hydrogen (secondary N) is 1. The molecule has 1 aromatic heterocycles. The maximum Gasteiger partial charge on any atom is 0.242 e. The number of hydrogen-bond donors (Lipinski definition) is 3. The van der Waals surface area contributed by atoms with Crippen LogP contribution >= 0.6 is 11.8 Å². The van der Waals surface area contributed by atoms with E-state index in [1.165, 1.54) is 37.2 Å². The van der Waals surface area contributed by atoms with Crippen LogP contribution in [0.1, 0.15) is 0 Å². The number of ether oxygens (including phenoxy) is 2. The Morgan fingerprint density at radius 2 is 2.03 bits per heavy atom. The maximum absolute atomic E-state index is 12.7. The van der Waals surface area contributed by atoms with Crippen molar-refractivity contribution in [3.05, 3.63) is 30.5 Å². The second-order valence-corrected chi connectivity index (χ2v) is 16.7. The van der Waals surface area contributed by atoms with E-state index in [2.05, 4.69) is 34.3 Å². The average molecular weight is 502 g/mol. The number of rotatable bonds is 13. The molecule has 1 heterocycles. The van der Waals surface area contributed by atoms with Crippen molar-refractivity contribution in [2.45, 2.75) is 41.7 Å². The molecule has 178 valence electrons. The van der Waals surface area contributed by atoms with Gasteiger partial charge in [0.2, 0.25) is 15.9 Å². The van der Waals surface area contributed by atoms with Gasteiger partial charge in [-0.1, -0.05) is 31.8 Å². The highest BCUT2D eigenvalue weighted by atomic mass is 32.2. The van der Waals surface area contributed by atoms with E-state index in [4.69, 9.17) is 14.6 Å². The van der Waals surface area contributed by atoms with Crippen molar-refractivity contribution in [1.29, 1.82) is 0 Å². The molecule has 0 aliphatic heterocycles. The molecule has 0 saturated carbocycles. The molecule has 0 radical (unpaired) electrons. The van der Waals surface area contributed by atoms with Crippen molar-refractivity contribution in [2.24, 2.45) is 0 Å². The zero-order valence-corrected chi connectivity index (χ0v) is 21.4. The molecule has 32 heavy (non-hydrogen) atoms. The third-order valence-electron chi connectivity index (χ3n) is 4.31. The topological polar surface area (TPSA) is 131 Å². The average Bonchev–Trinajstić information content (AvgIpc) is 2.76. The molecule has 9 nitrogen and oxygen atoms in total. The van der Waals surface area contributed by atoms with Gasteiger partial charge in [0, 0.05) is 26.0 Å². The molecular formula is C20H31N3O6S2Si. The van der Waals surface area contributed by atoms with Crippen molar-refractivity contribution in [3.8, 4) is 17.1 Å². The lowest BCUT2D eigenvalue weighted by atomic mass is 10.1. The first kappa shape index (κ1) is 26.7. The number of nitrogens with zero attached hydrogens (tertiary/aromatic N) is 2. The zero-order valence-electron chi connectivity index (χ0n) is 18.7. The lowest BCUT2D eigenvalue weighted by Crippen LogP contribution is -2.28. The van der Waals surface area contributed by atoms with Gasteiger partial charge in [-0.05, 0) is 18.2 Å². The summed E-state index contributed by atoms with van der Waals surface area (Å²) in [6.07, 6.45) is 0.652. The number of benzene rings is 1. The van der Waals surface area contributed by atoms with E-state index in [1.807, 2.05) is 0 Å². The molecule has 1 atom stereocenters. The van der Waals surface area contributed by atoms with Gasteiger partial charge in [0.25, 0.3) is 0 Å². The first-order valence-electron chi connectivity index (χ1n) is 10.1. The number of methoxy groups -OCH3 is 1. The molecule has 2 aromatic rings. The van der Waals surface area contributed by atoms with E-state index in [0.717, 1.165) is 6.04 Å². The minimum absolute atomic E-state index is 0.0807. The van der Waals surface area contributed by atoms with E-state index in [1.54, 1.807) is 12.1 Å². The van der Waals surface area contributed by atoms with Gasteiger partial charge in [0.1, 0.15) is 17.5 Å². The molecule has 12 heteroatoms. The molecular weight excluding hydrogens is 470 g/mol. The summed E-state index contributed by atoms with van der Waals surface area (Å²) in [6.45, 7) is 6.78. The molecule has 0 aliphatic carbocycles. The molecule has 1 unspecified atom stereocenters. The Bertz CT molecular complexity index is 986. The molecule has 0 aliphatic rings. The highest BCUT2D eigenvalue weighted by molar-refractivity contribution is 7.99. The Balaban J connectivity index is 2.12. The predicted octanol–water partition coefficient (Wildman–Crippen LogP) is 2.19. The molecule has 3 N–H and O–H groups in total. The first-order valence-corrected chi connectivity index (χ1v) is 16.2. The van der Waals surface area contributed by atoms with Gasteiger partial charge in [-0.2, -0.15) is 4.72 Å². The van der Waals surface area contributed by atoms with Crippen LogP contribution in [-0.4, -0.2) is 75.6 Å². The van der Waals surface area contributed by atoms with E-state index in [9.17, 15) is 13.5 Å². The van der Waals surface area contributed by atoms with Crippen LogP contribution in [0.15, 0.2) is 40.4 Å². The molecule has 0 saturated heterocycles. The number of aliphatic hydroxyl groups excluding tert-OH is 2. The standard InChI is InChI=1S/C20H31N3O6S2Si/c1-28-20-19(21-11-18(23-20)30-13-16(25)12-24)15-6-5-7-17(10-15)31(26,27)22-14-29-8-9-32(2,3)4/h5-7,10-11,16,22,24-25H,8-9,12-14H2,1-4H3. The lowest BCUT2D eigenvalue weighted by molar-refractivity contribution is 0.113. The monoisotopic (exact) mass is 501 g/mol. The van der Waals surface area contributed by atoms with E-state index in [0.29, 0.717) is 22.9 Å². The Hall–Kier alpha value is -1.54. The summed E-state index contributed by atoms with van der Waals surface area (Å²) in [5, 5.41) is 18.9. The predicted molar refractivity (Wildman–Crippen MR) is 127 cm³/mol. The van der Waals surface area contributed by atoms with Gasteiger partial charge in [0.05, 0.1) is 30.9 Å². The van der Waals surface area contributed by atoms with Gasteiger partial charge < -0.3 is 19.7 Å². The molecule has 2 rings (SSSR count). The SMILES string of the molecule is COc1nc(SCC(O)CO)cnc1-c1cccc(S(=O)(=O)NCOCC[Si](C)(C)C)c1. The summed E-state index contributed by atoms with van der Waals surface area (Å²) in [5.41, 5.74) is 0.923. The normalized spacial score (nSPS) is 13.2. The summed E-state index contributed by atoms with van der Waals surface area (Å²) >= 11 is 1.23. The Kier molecular flexibility index (Phi) is 10.1. The third-order valence-corrected chi connectivity index (χ3v) is 8.43. The van der Waals surface area contributed by atoms with Gasteiger partial charge in [0.15, 0.2) is 0 Å². The van der Waals surface area contributed by atoms with Crippen LogP contribution in [0.25, 0.3) is 11.3 Å². The number of aliphatic hydroxyl groups is 2. The van der Waals surface area contributed by atoms with Crippen LogP contribution in [0.3, 0.4) is 0 Å². The molecule has 0 bridgehead atoms. The summed E-state index contributed by atoms with van der Waals surface area (Å²) in [4.78, 5) is 8.81. The van der Waals surface area contributed by atoms with Crippen LogP contribution in [-0.2, 0) is 14.8 Å². The molecule has 0 amide bonds. The minimum Gasteiger partial charge on any atom is -0.479 e. The van der Waals surface area contributed by atoms with Crippen molar-refractivity contribution in [2.75, 3.05) is 32.8 Å². The van der Waals surface area contributed by atoms with Crippen molar-refractivity contribution < 1.29 is 28.1 Å². The van der Waals surface area contributed by atoms with Crippen LogP contribution in [0.4, 0.5) is 0 Å². The first-order chi connectivity index (χ1) is 15.1. The van der Waals surface area contributed by atoms with Crippen molar-refractivity contribution >= 4 is 29.9 Å². The quantitative estimate of drug-likeness (QED) is 0.164.